The quantitative estimate of drug-likeness (QED) is 0.795. The molecule has 112 valence electrons. The number of hydrogen-bond acceptors (Lipinski definition) is 3. The number of carbonyl (C=O) groups excluding carboxylic acids is 1. The third kappa shape index (κ3) is 4.79. The second-order valence-electron chi connectivity index (χ2n) is 7.58. The number of ether oxygens (including phenoxy) is 1. The van der Waals surface area contributed by atoms with Crippen molar-refractivity contribution >= 4 is 5.97 Å². The number of esters is 1. The molecule has 0 aliphatic heterocycles. The van der Waals surface area contributed by atoms with Crippen molar-refractivity contribution in [3.8, 4) is 0 Å². The summed E-state index contributed by atoms with van der Waals surface area (Å²) in [6, 6.07) is 0. The zero-order valence-electron chi connectivity index (χ0n) is 13.5. The first-order chi connectivity index (χ1) is 8.66. The van der Waals surface area contributed by atoms with Crippen LogP contribution < -0.4 is 5.32 Å². The highest BCUT2D eigenvalue weighted by Gasteiger charge is 2.32. The van der Waals surface area contributed by atoms with E-state index in [1.807, 2.05) is 13.8 Å². The van der Waals surface area contributed by atoms with E-state index < -0.39 is 5.54 Å². The van der Waals surface area contributed by atoms with Crippen LogP contribution in [0.1, 0.15) is 60.3 Å². The van der Waals surface area contributed by atoms with E-state index in [2.05, 4.69) is 26.1 Å². The molecule has 0 unspecified atom stereocenters. The Morgan fingerprint density at radius 2 is 1.63 bits per heavy atom. The van der Waals surface area contributed by atoms with Gasteiger partial charge in [-0.25, -0.2) is 0 Å². The zero-order valence-corrected chi connectivity index (χ0v) is 13.5. The minimum Gasteiger partial charge on any atom is -0.468 e. The average Bonchev–Trinajstić information content (AvgIpc) is 2.35. The fourth-order valence-corrected chi connectivity index (χ4v) is 2.96. The molecule has 1 saturated carbocycles. The van der Waals surface area contributed by atoms with Crippen LogP contribution in [0.3, 0.4) is 0 Å². The van der Waals surface area contributed by atoms with Crippen LogP contribution in [-0.2, 0) is 9.53 Å². The summed E-state index contributed by atoms with van der Waals surface area (Å²) in [7, 11) is 1.44. The van der Waals surface area contributed by atoms with Gasteiger partial charge in [0, 0.05) is 0 Å². The Bertz CT molecular complexity index is 296. The van der Waals surface area contributed by atoms with E-state index >= 15 is 0 Å². The summed E-state index contributed by atoms with van der Waals surface area (Å²) >= 11 is 0. The van der Waals surface area contributed by atoms with E-state index in [9.17, 15) is 4.79 Å². The molecule has 0 radical (unpaired) electrons. The summed E-state index contributed by atoms with van der Waals surface area (Å²) < 4.78 is 4.82. The van der Waals surface area contributed by atoms with Crippen molar-refractivity contribution in [3.05, 3.63) is 0 Å². The van der Waals surface area contributed by atoms with Crippen LogP contribution in [0.25, 0.3) is 0 Å². The van der Waals surface area contributed by atoms with Crippen LogP contribution >= 0.6 is 0 Å². The number of carbonyl (C=O) groups is 1. The van der Waals surface area contributed by atoms with Crippen molar-refractivity contribution in [3.63, 3.8) is 0 Å². The molecule has 0 amide bonds. The molecule has 1 aliphatic carbocycles. The van der Waals surface area contributed by atoms with Gasteiger partial charge in [-0.3, -0.25) is 4.79 Å². The molecule has 0 spiro atoms. The van der Waals surface area contributed by atoms with Gasteiger partial charge in [0.2, 0.25) is 0 Å². The van der Waals surface area contributed by atoms with E-state index in [0.717, 1.165) is 12.5 Å². The lowest BCUT2D eigenvalue weighted by Crippen LogP contribution is -2.49. The molecule has 0 atom stereocenters. The zero-order chi connectivity index (χ0) is 14.7. The fraction of sp³-hybridized carbons (Fsp3) is 0.938. The van der Waals surface area contributed by atoms with Gasteiger partial charge in [0.15, 0.2) is 0 Å². The van der Waals surface area contributed by atoms with Crippen molar-refractivity contribution in [1.82, 2.24) is 5.32 Å². The van der Waals surface area contributed by atoms with Gasteiger partial charge in [-0.15, -0.1) is 0 Å². The summed E-state index contributed by atoms with van der Waals surface area (Å²) in [5.74, 6) is 1.36. The lowest BCUT2D eigenvalue weighted by Gasteiger charge is -2.37. The first kappa shape index (κ1) is 16.5. The molecule has 0 saturated heterocycles. The molecule has 0 aromatic rings. The predicted molar refractivity (Wildman–Crippen MR) is 79.0 cm³/mol. The maximum absolute atomic E-state index is 11.6. The molecule has 0 heterocycles. The minimum atomic E-state index is -0.574. The number of hydrogen-bond donors (Lipinski definition) is 1. The van der Waals surface area contributed by atoms with E-state index in [0.29, 0.717) is 11.3 Å². The molecular weight excluding hydrogens is 238 g/mol. The first-order valence-corrected chi connectivity index (χ1v) is 7.50. The van der Waals surface area contributed by atoms with Gasteiger partial charge >= 0.3 is 5.97 Å². The Labute approximate surface area is 118 Å². The molecule has 1 N–H and O–H groups in total. The molecule has 3 heteroatoms. The number of rotatable bonds is 4. The van der Waals surface area contributed by atoms with Crippen molar-refractivity contribution in [2.24, 2.45) is 17.3 Å². The lowest BCUT2D eigenvalue weighted by atomic mass is 9.70. The van der Waals surface area contributed by atoms with Gasteiger partial charge in [0.1, 0.15) is 5.54 Å². The highest BCUT2D eigenvalue weighted by Crippen LogP contribution is 2.39. The van der Waals surface area contributed by atoms with Gasteiger partial charge in [0.05, 0.1) is 7.11 Å². The Kier molecular flexibility index (Phi) is 5.43. The standard InChI is InChI=1S/C16H31NO2/c1-15(2,3)13-9-7-12(8-10-13)11-17-16(4,5)14(18)19-6/h12-13,17H,7-11H2,1-6H3. The molecule has 1 rings (SSSR count). The Balaban J connectivity index is 2.36. The van der Waals surface area contributed by atoms with Gasteiger partial charge in [-0.05, 0) is 63.3 Å². The average molecular weight is 269 g/mol. The van der Waals surface area contributed by atoms with E-state index in [-0.39, 0.29) is 5.97 Å². The lowest BCUT2D eigenvalue weighted by molar-refractivity contribution is -0.147. The summed E-state index contributed by atoms with van der Waals surface area (Å²) in [6.07, 6.45) is 5.17. The summed E-state index contributed by atoms with van der Waals surface area (Å²) in [6.45, 7) is 11.7. The molecule has 1 fully saturated rings. The van der Waals surface area contributed by atoms with Crippen LogP contribution in [0.2, 0.25) is 0 Å². The fourth-order valence-electron chi connectivity index (χ4n) is 2.96. The summed E-state index contributed by atoms with van der Waals surface area (Å²) in [4.78, 5) is 11.6. The van der Waals surface area contributed by atoms with E-state index in [1.165, 1.54) is 32.8 Å². The highest BCUT2D eigenvalue weighted by molar-refractivity contribution is 5.79. The largest absolute Gasteiger partial charge is 0.468 e. The van der Waals surface area contributed by atoms with Crippen molar-refractivity contribution in [2.45, 2.75) is 65.8 Å². The summed E-state index contributed by atoms with van der Waals surface area (Å²) in [5.41, 5.74) is -0.140. The maximum atomic E-state index is 11.6. The van der Waals surface area contributed by atoms with Gasteiger partial charge < -0.3 is 10.1 Å². The third-order valence-corrected chi connectivity index (χ3v) is 4.60. The van der Waals surface area contributed by atoms with Crippen LogP contribution in [0, 0.1) is 17.3 Å². The highest BCUT2D eigenvalue weighted by atomic mass is 16.5. The van der Waals surface area contributed by atoms with Gasteiger partial charge in [0.25, 0.3) is 0 Å². The SMILES string of the molecule is COC(=O)C(C)(C)NCC1CCC(C(C)(C)C)CC1. The normalized spacial score (nSPS) is 25.2. The topological polar surface area (TPSA) is 38.3 Å². The second kappa shape index (κ2) is 6.25. The predicted octanol–water partition coefficient (Wildman–Crippen LogP) is 3.38. The summed E-state index contributed by atoms with van der Waals surface area (Å²) in [5, 5.41) is 3.36. The van der Waals surface area contributed by atoms with Crippen LogP contribution in [0.5, 0.6) is 0 Å². The minimum absolute atomic E-state index is 0.184. The Morgan fingerprint density at radius 1 is 1.11 bits per heavy atom. The monoisotopic (exact) mass is 269 g/mol. The molecule has 3 nitrogen and oxygen atoms in total. The molecule has 0 aromatic carbocycles. The van der Waals surface area contributed by atoms with E-state index in [4.69, 9.17) is 4.74 Å². The molecular formula is C16H31NO2. The van der Waals surface area contributed by atoms with Crippen molar-refractivity contribution in [2.75, 3.05) is 13.7 Å². The second-order valence-corrected chi connectivity index (χ2v) is 7.58. The Hall–Kier alpha value is -0.570. The van der Waals surface area contributed by atoms with Gasteiger partial charge in [-0.2, -0.15) is 0 Å². The van der Waals surface area contributed by atoms with Crippen molar-refractivity contribution < 1.29 is 9.53 Å². The number of methoxy groups -OCH3 is 1. The first-order valence-electron chi connectivity index (χ1n) is 7.50. The Morgan fingerprint density at radius 3 is 2.05 bits per heavy atom. The molecule has 19 heavy (non-hydrogen) atoms. The van der Waals surface area contributed by atoms with E-state index in [1.54, 1.807) is 0 Å². The molecule has 1 aliphatic rings. The van der Waals surface area contributed by atoms with Crippen LogP contribution in [0.4, 0.5) is 0 Å². The third-order valence-electron chi connectivity index (χ3n) is 4.60. The maximum Gasteiger partial charge on any atom is 0.325 e. The van der Waals surface area contributed by atoms with Crippen LogP contribution in [-0.4, -0.2) is 25.2 Å². The molecule has 0 aromatic heterocycles. The van der Waals surface area contributed by atoms with Crippen LogP contribution in [0.15, 0.2) is 0 Å². The van der Waals surface area contributed by atoms with Gasteiger partial charge in [-0.1, -0.05) is 20.8 Å². The number of nitrogens with one attached hydrogen (secondary N) is 1. The smallest absolute Gasteiger partial charge is 0.325 e. The molecule has 0 bridgehead atoms. The van der Waals surface area contributed by atoms with Crippen molar-refractivity contribution in [1.29, 1.82) is 0 Å².